The first-order valence-corrected chi connectivity index (χ1v) is 9.66. The van der Waals surface area contributed by atoms with E-state index in [1.807, 2.05) is 19.1 Å². The van der Waals surface area contributed by atoms with Crippen molar-refractivity contribution in [2.24, 2.45) is 0 Å². The first-order chi connectivity index (χ1) is 13.5. The number of nitrogens with one attached hydrogen (secondary N) is 1. The second-order valence-corrected chi connectivity index (χ2v) is 7.10. The third kappa shape index (κ3) is 5.42. The maximum Gasteiger partial charge on any atom is 0.257 e. The minimum absolute atomic E-state index is 0.0238. The van der Waals surface area contributed by atoms with Gasteiger partial charge in [-0.3, -0.25) is 14.6 Å². The number of carbonyl (C=O) groups is 2. The standard InChI is InChI=1S/C21H27N3O4/c1-15-11-19(16(2)28-15)21(26)24(14-18-6-4-10-27-18)9-7-20(25)23-13-17-5-3-8-22-12-17/h3,5,8,11-12,18H,4,6-7,9-10,13-14H2,1-2H3,(H,23,25)/t18-/m0/s1. The zero-order valence-corrected chi connectivity index (χ0v) is 16.4. The summed E-state index contributed by atoms with van der Waals surface area (Å²) < 4.78 is 11.2. The molecule has 1 saturated heterocycles. The van der Waals surface area contributed by atoms with Gasteiger partial charge in [-0.2, -0.15) is 0 Å². The molecular weight excluding hydrogens is 358 g/mol. The summed E-state index contributed by atoms with van der Waals surface area (Å²) in [6, 6.07) is 5.49. The van der Waals surface area contributed by atoms with Crippen LogP contribution in [0.1, 0.15) is 46.7 Å². The minimum atomic E-state index is -0.120. The normalized spacial score (nSPS) is 16.1. The molecule has 0 radical (unpaired) electrons. The van der Waals surface area contributed by atoms with Gasteiger partial charge in [0, 0.05) is 45.1 Å². The fourth-order valence-electron chi connectivity index (χ4n) is 3.35. The number of furan rings is 1. The zero-order valence-electron chi connectivity index (χ0n) is 16.4. The van der Waals surface area contributed by atoms with Crippen molar-refractivity contribution in [3.8, 4) is 0 Å². The molecule has 1 N–H and O–H groups in total. The number of carbonyl (C=O) groups excluding carboxylic acids is 2. The molecule has 0 aromatic carbocycles. The lowest BCUT2D eigenvalue weighted by Gasteiger charge is -2.25. The van der Waals surface area contributed by atoms with Gasteiger partial charge in [-0.25, -0.2) is 0 Å². The number of amides is 2. The summed E-state index contributed by atoms with van der Waals surface area (Å²) in [5, 5.41) is 2.88. The summed E-state index contributed by atoms with van der Waals surface area (Å²) in [5.74, 6) is 1.08. The molecule has 2 amide bonds. The molecule has 1 aliphatic heterocycles. The van der Waals surface area contributed by atoms with E-state index < -0.39 is 0 Å². The molecule has 1 aliphatic rings. The highest BCUT2D eigenvalue weighted by Gasteiger charge is 2.26. The van der Waals surface area contributed by atoms with E-state index in [0.717, 1.165) is 25.0 Å². The third-order valence-electron chi connectivity index (χ3n) is 4.83. The molecule has 0 aliphatic carbocycles. The lowest BCUT2D eigenvalue weighted by molar-refractivity contribution is -0.121. The van der Waals surface area contributed by atoms with Gasteiger partial charge in [0.2, 0.25) is 5.91 Å². The van der Waals surface area contributed by atoms with Crippen LogP contribution in [0, 0.1) is 13.8 Å². The van der Waals surface area contributed by atoms with Gasteiger partial charge in [-0.15, -0.1) is 0 Å². The summed E-state index contributed by atoms with van der Waals surface area (Å²) in [7, 11) is 0. The van der Waals surface area contributed by atoms with Crippen LogP contribution < -0.4 is 5.32 Å². The van der Waals surface area contributed by atoms with Crippen LogP contribution in [0.15, 0.2) is 35.0 Å². The van der Waals surface area contributed by atoms with E-state index in [4.69, 9.17) is 9.15 Å². The Bertz CT molecular complexity index is 797. The number of aromatic nitrogens is 1. The topological polar surface area (TPSA) is 84.7 Å². The predicted molar refractivity (Wildman–Crippen MR) is 104 cm³/mol. The average molecular weight is 385 g/mol. The van der Waals surface area contributed by atoms with E-state index >= 15 is 0 Å². The molecule has 2 aromatic rings. The number of hydrogen-bond donors (Lipinski definition) is 1. The summed E-state index contributed by atoms with van der Waals surface area (Å²) in [6.45, 7) is 5.57. The van der Waals surface area contributed by atoms with Gasteiger partial charge in [-0.05, 0) is 44.4 Å². The second kappa shape index (κ2) is 9.50. The average Bonchev–Trinajstić information content (AvgIpc) is 3.32. The number of pyridine rings is 1. The molecule has 3 rings (SSSR count). The fraction of sp³-hybridized carbons (Fsp3) is 0.476. The Kier molecular flexibility index (Phi) is 6.81. The highest BCUT2D eigenvalue weighted by molar-refractivity contribution is 5.95. The van der Waals surface area contributed by atoms with Gasteiger partial charge in [0.25, 0.3) is 5.91 Å². The van der Waals surface area contributed by atoms with E-state index in [1.54, 1.807) is 30.3 Å². The SMILES string of the molecule is Cc1cc(C(=O)N(CCC(=O)NCc2cccnc2)C[C@@H]2CCCO2)c(C)o1. The Hall–Kier alpha value is -2.67. The molecular formula is C21H27N3O4. The highest BCUT2D eigenvalue weighted by Crippen LogP contribution is 2.19. The van der Waals surface area contributed by atoms with Crippen LogP contribution >= 0.6 is 0 Å². The number of nitrogens with zero attached hydrogens (tertiary/aromatic N) is 2. The van der Waals surface area contributed by atoms with Crippen LogP contribution in [0.4, 0.5) is 0 Å². The molecule has 0 bridgehead atoms. The van der Waals surface area contributed by atoms with Crippen LogP contribution in [0.5, 0.6) is 0 Å². The van der Waals surface area contributed by atoms with Crippen LogP contribution in [-0.2, 0) is 16.1 Å². The van der Waals surface area contributed by atoms with Crippen molar-refractivity contribution in [2.75, 3.05) is 19.7 Å². The van der Waals surface area contributed by atoms with Crippen molar-refractivity contribution in [1.29, 1.82) is 0 Å². The zero-order chi connectivity index (χ0) is 19.9. The van der Waals surface area contributed by atoms with Crippen LogP contribution in [0.2, 0.25) is 0 Å². The lowest BCUT2D eigenvalue weighted by Crippen LogP contribution is -2.40. The van der Waals surface area contributed by atoms with Gasteiger partial charge in [0.05, 0.1) is 11.7 Å². The molecule has 7 nitrogen and oxygen atoms in total. The van der Waals surface area contributed by atoms with E-state index in [1.165, 1.54) is 0 Å². The highest BCUT2D eigenvalue weighted by atomic mass is 16.5. The number of hydrogen-bond acceptors (Lipinski definition) is 5. The van der Waals surface area contributed by atoms with E-state index in [-0.39, 0.29) is 24.3 Å². The third-order valence-corrected chi connectivity index (χ3v) is 4.83. The van der Waals surface area contributed by atoms with Crippen molar-refractivity contribution in [3.05, 3.63) is 53.2 Å². The van der Waals surface area contributed by atoms with Crippen LogP contribution in [-0.4, -0.2) is 47.5 Å². The van der Waals surface area contributed by atoms with Crippen LogP contribution in [0.3, 0.4) is 0 Å². The van der Waals surface area contributed by atoms with Gasteiger partial charge in [0.15, 0.2) is 0 Å². The maximum atomic E-state index is 13.0. The van der Waals surface area contributed by atoms with Gasteiger partial charge in [-0.1, -0.05) is 6.07 Å². The lowest BCUT2D eigenvalue weighted by atomic mass is 10.1. The first kappa shape index (κ1) is 20.1. The minimum Gasteiger partial charge on any atom is -0.466 e. The van der Waals surface area contributed by atoms with Crippen molar-refractivity contribution < 1.29 is 18.7 Å². The fourth-order valence-corrected chi connectivity index (χ4v) is 3.35. The molecule has 1 atom stereocenters. The Morgan fingerprint density at radius 3 is 2.86 bits per heavy atom. The Morgan fingerprint density at radius 1 is 1.36 bits per heavy atom. The predicted octanol–water partition coefficient (Wildman–Crippen LogP) is 2.62. The van der Waals surface area contributed by atoms with E-state index in [9.17, 15) is 9.59 Å². The summed E-state index contributed by atoms with van der Waals surface area (Å²) in [6.07, 6.45) is 5.60. The number of ether oxygens (including phenoxy) is 1. The Labute approximate surface area is 165 Å². The molecule has 150 valence electrons. The monoisotopic (exact) mass is 385 g/mol. The Morgan fingerprint density at radius 2 is 2.21 bits per heavy atom. The summed E-state index contributed by atoms with van der Waals surface area (Å²) in [4.78, 5) is 31.0. The quantitative estimate of drug-likeness (QED) is 0.755. The second-order valence-electron chi connectivity index (χ2n) is 7.10. The first-order valence-electron chi connectivity index (χ1n) is 9.66. The molecule has 28 heavy (non-hydrogen) atoms. The number of aryl methyl sites for hydroxylation is 2. The molecule has 0 saturated carbocycles. The van der Waals surface area contributed by atoms with E-state index in [2.05, 4.69) is 10.3 Å². The molecule has 1 fully saturated rings. The molecule has 0 spiro atoms. The van der Waals surface area contributed by atoms with Crippen molar-refractivity contribution >= 4 is 11.8 Å². The number of rotatable bonds is 8. The molecule has 3 heterocycles. The Balaban J connectivity index is 1.59. The van der Waals surface area contributed by atoms with Gasteiger partial charge >= 0.3 is 0 Å². The molecule has 7 heteroatoms. The van der Waals surface area contributed by atoms with Gasteiger partial charge < -0.3 is 19.4 Å². The van der Waals surface area contributed by atoms with Crippen molar-refractivity contribution in [3.63, 3.8) is 0 Å². The smallest absolute Gasteiger partial charge is 0.257 e. The van der Waals surface area contributed by atoms with Crippen LogP contribution in [0.25, 0.3) is 0 Å². The van der Waals surface area contributed by atoms with Crippen molar-refractivity contribution in [1.82, 2.24) is 15.2 Å². The largest absolute Gasteiger partial charge is 0.466 e. The van der Waals surface area contributed by atoms with Gasteiger partial charge in [0.1, 0.15) is 11.5 Å². The molecule has 0 unspecified atom stereocenters. The maximum absolute atomic E-state index is 13.0. The summed E-state index contributed by atoms with van der Waals surface area (Å²) in [5.41, 5.74) is 1.49. The summed E-state index contributed by atoms with van der Waals surface area (Å²) >= 11 is 0. The van der Waals surface area contributed by atoms with E-state index in [0.29, 0.717) is 36.7 Å². The van der Waals surface area contributed by atoms with Crippen molar-refractivity contribution in [2.45, 2.75) is 45.8 Å². The molecule has 2 aromatic heterocycles.